The molecule has 4 nitrogen and oxygen atoms in total. The molecule has 0 aliphatic carbocycles. The Bertz CT molecular complexity index is 1150. The third kappa shape index (κ3) is 5.02. The minimum atomic E-state index is 0.372. The first-order chi connectivity index (χ1) is 15.1. The van der Waals surface area contributed by atoms with Crippen LogP contribution in [0.4, 0.5) is 0 Å². The number of aryl methyl sites for hydroxylation is 3. The average molecular weight is 435 g/mol. The van der Waals surface area contributed by atoms with E-state index in [1.54, 1.807) is 0 Å². The highest BCUT2D eigenvalue weighted by Crippen LogP contribution is 2.25. The quantitative estimate of drug-likeness (QED) is 0.273. The van der Waals surface area contributed by atoms with Crippen LogP contribution >= 0.6 is 11.6 Å². The van der Waals surface area contributed by atoms with Gasteiger partial charge in [-0.25, -0.2) is 4.98 Å². The number of para-hydroxylation sites is 4. The second-order valence-corrected chi connectivity index (χ2v) is 8.07. The predicted molar refractivity (Wildman–Crippen MR) is 126 cm³/mol. The first kappa shape index (κ1) is 21.3. The van der Waals surface area contributed by atoms with Gasteiger partial charge in [-0.2, -0.15) is 0 Å². The number of unbranched alkanes of at least 4 members (excludes halogenated alkanes) is 1. The van der Waals surface area contributed by atoms with Crippen LogP contribution in [0.15, 0.2) is 66.7 Å². The van der Waals surface area contributed by atoms with E-state index in [0.29, 0.717) is 24.0 Å². The zero-order valence-electron chi connectivity index (χ0n) is 18.0. The first-order valence-electron chi connectivity index (χ1n) is 10.6. The van der Waals surface area contributed by atoms with Gasteiger partial charge in [0.05, 0.1) is 22.7 Å². The van der Waals surface area contributed by atoms with Gasteiger partial charge in [0.1, 0.15) is 23.9 Å². The van der Waals surface area contributed by atoms with E-state index in [1.165, 1.54) is 11.1 Å². The molecule has 0 saturated carbocycles. The average Bonchev–Trinajstić information content (AvgIpc) is 3.12. The molecule has 31 heavy (non-hydrogen) atoms. The summed E-state index contributed by atoms with van der Waals surface area (Å²) in [6.45, 7) is 6.11. The van der Waals surface area contributed by atoms with Crippen molar-refractivity contribution in [3.05, 3.63) is 88.7 Å². The lowest BCUT2D eigenvalue weighted by Gasteiger charge is -2.13. The van der Waals surface area contributed by atoms with Gasteiger partial charge in [-0.3, -0.25) is 0 Å². The normalized spacial score (nSPS) is 11.1. The van der Waals surface area contributed by atoms with Crippen LogP contribution in [0, 0.1) is 13.8 Å². The van der Waals surface area contributed by atoms with Crippen molar-refractivity contribution in [3.63, 3.8) is 0 Å². The van der Waals surface area contributed by atoms with E-state index in [-0.39, 0.29) is 0 Å². The molecule has 0 amide bonds. The Kier molecular flexibility index (Phi) is 6.78. The van der Waals surface area contributed by atoms with Crippen LogP contribution in [0.2, 0.25) is 5.02 Å². The van der Waals surface area contributed by atoms with Crippen LogP contribution in [0.3, 0.4) is 0 Å². The second kappa shape index (κ2) is 9.88. The third-order valence-electron chi connectivity index (χ3n) is 5.36. The summed E-state index contributed by atoms with van der Waals surface area (Å²) in [6, 6.07) is 22.0. The molecule has 0 aliphatic heterocycles. The maximum absolute atomic E-state index is 6.23. The Morgan fingerprint density at radius 2 is 1.58 bits per heavy atom. The molecule has 0 saturated heterocycles. The standard InChI is InChI=1S/C26H27ClN2O2/c1-19-10-9-11-20(2)26(19)30-17-8-7-16-29-23-14-5-4-13-22(23)28-25(29)18-31-24-15-6-3-12-21(24)27/h3-6,9-15H,7-8,16-18H2,1-2H3. The van der Waals surface area contributed by atoms with E-state index in [9.17, 15) is 0 Å². The Morgan fingerprint density at radius 3 is 2.39 bits per heavy atom. The number of ether oxygens (including phenoxy) is 2. The maximum atomic E-state index is 6.23. The summed E-state index contributed by atoms with van der Waals surface area (Å²) < 4.78 is 14.3. The summed E-state index contributed by atoms with van der Waals surface area (Å²) in [5.74, 6) is 2.57. The topological polar surface area (TPSA) is 36.3 Å². The van der Waals surface area contributed by atoms with Crippen molar-refractivity contribution >= 4 is 22.6 Å². The molecule has 4 aromatic rings. The molecule has 0 aliphatic rings. The number of aromatic nitrogens is 2. The smallest absolute Gasteiger partial charge is 0.147 e. The minimum absolute atomic E-state index is 0.372. The van der Waals surface area contributed by atoms with Crippen molar-refractivity contribution in [1.82, 2.24) is 9.55 Å². The van der Waals surface area contributed by atoms with Crippen LogP contribution in [0.5, 0.6) is 11.5 Å². The van der Waals surface area contributed by atoms with Gasteiger partial charge >= 0.3 is 0 Å². The van der Waals surface area contributed by atoms with Gasteiger partial charge in [-0.1, -0.05) is 54.1 Å². The number of nitrogens with zero attached hydrogens (tertiary/aromatic N) is 2. The van der Waals surface area contributed by atoms with Gasteiger partial charge in [0.15, 0.2) is 0 Å². The lowest BCUT2D eigenvalue weighted by Crippen LogP contribution is -2.09. The Morgan fingerprint density at radius 1 is 0.839 bits per heavy atom. The summed E-state index contributed by atoms with van der Waals surface area (Å²) in [5.41, 5.74) is 4.46. The van der Waals surface area contributed by atoms with E-state index in [2.05, 4.69) is 42.7 Å². The molecular formula is C26H27ClN2O2. The summed E-state index contributed by atoms with van der Waals surface area (Å²) in [6.07, 6.45) is 1.95. The van der Waals surface area contributed by atoms with Crippen molar-refractivity contribution < 1.29 is 9.47 Å². The largest absolute Gasteiger partial charge is 0.493 e. The SMILES string of the molecule is Cc1cccc(C)c1OCCCCn1c(COc2ccccc2Cl)nc2ccccc21. The van der Waals surface area contributed by atoms with Gasteiger partial charge in [0, 0.05) is 6.54 Å². The van der Waals surface area contributed by atoms with E-state index in [1.807, 2.05) is 42.5 Å². The van der Waals surface area contributed by atoms with Crippen molar-refractivity contribution in [3.8, 4) is 11.5 Å². The molecule has 0 unspecified atom stereocenters. The lowest BCUT2D eigenvalue weighted by molar-refractivity contribution is 0.284. The fraction of sp³-hybridized carbons (Fsp3) is 0.269. The molecule has 0 radical (unpaired) electrons. The molecule has 0 fully saturated rings. The van der Waals surface area contributed by atoms with Crippen molar-refractivity contribution in [2.45, 2.75) is 39.8 Å². The second-order valence-electron chi connectivity index (χ2n) is 7.66. The molecule has 4 rings (SSSR count). The van der Waals surface area contributed by atoms with Gasteiger partial charge < -0.3 is 14.0 Å². The monoisotopic (exact) mass is 434 g/mol. The number of hydrogen-bond donors (Lipinski definition) is 0. The first-order valence-corrected chi connectivity index (χ1v) is 11.0. The van der Waals surface area contributed by atoms with Crippen LogP contribution < -0.4 is 9.47 Å². The summed E-state index contributed by atoms with van der Waals surface area (Å²) in [5, 5.41) is 0.605. The molecule has 0 N–H and O–H groups in total. The highest BCUT2D eigenvalue weighted by atomic mass is 35.5. The predicted octanol–water partition coefficient (Wildman–Crippen LogP) is 6.74. The summed E-state index contributed by atoms with van der Waals surface area (Å²) >= 11 is 6.23. The van der Waals surface area contributed by atoms with Crippen LogP contribution in [0.25, 0.3) is 11.0 Å². The summed E-state index contributed by atoms with van der Waals surface area (Å²) in [4.78, 5) is 4.79. The Balaban J connectivity index is 1.40. The van der Waals surface area contributed by atoms with Crippen molar-refractivity contribution in [1.29, 1.82) is 0 Å². The fourth-order valence-electron chi connectivity index (χ4n) is 3.76. The minimum Gasteiger partial charge on any atom is -0.493 e. The van der Waals surface area contributed by atoms with Gasteiger partial charge in [0.25, 0.3) is 0 Å². The highest BCUT2D eigenvalue weighted by molar-refractivity contribution is 6.32. The molecule has 0 atom stereocenters. The molecule has 1 heterocycles. The zero-order valence-corrected chi connectivity index (χ0v) is 18.7. The highest BCUT2D eigenvalue weighted by Gasteiger charge is 2.12. The maximum Gasteiger partial charge on any atom is 0.147 e. The summed E-state index contributed by atoms with van der Waals surface area (Å²) in [7, 11) is 0. The molecular weight excluding hydrogens is 408 g/mol. The Labute approximate surface area is 188 Å². The van der Waals surface area contributed by atoms with Crippen molar-refractivity contribution in [2.24, 2.45) is 0 Å². The third-order valence-corrected chi connectivity index (χ3v) is 5.67. The van der Waals surface area contributed by atoms with E-state index in [4.69, 9.17) is 26.1 Å². The fourth-order valence-corrected chi connectivity index (χ4v) is 3.95. The van der Waals surface area contributed by atoms with E-state index >= 15 is 0 Å². The molecule has 1 aromatic heterocycles. The van der Waals surface area contributed by atoms with Gasteiger partial charge in [-0.05, 0) is 62.1 Å². The number of fused-ring (bicyclic) bond motifs is 1. The number of rotatable bonds is 9. The molecule has 0 bridgehead atoms. The van der Waals surface area contributed by atoms with Crippen LogP contribution in [-0.4, -0.2) is 16.2 Å². The van der Waals surface area contributed by atoms with Crippen LogP contribution in [0.1, 0.15) is 29.8 Å². The molecule has 160 valence electrons. The van der Waals surface area contributed by atoms with E-state index < -0.39 is 0 Å². The van der Waals surface area contributed by atoms with E-state index in [0.717, 1.165) is 42.0 Å². The lowest BCUT2D eigenvalue weighted by atomic mass is 10.1. The van der Waals surface area contributed by atoms with Gasteiger partial charge in [0.2, 0.25) is 0 Å². The number of halogens is 1. The van der Waals surface area contributed by atoms with Crippen LogP contribution in [-0.2, 0) is 13.2 Å². The zero-order chi connectivity index (χ0) is 21.6. The Hall–Kier alpha value is -2.98. The van der Waals surface area contributed by atoms with Gasteiger partial charge in [-0.15, -0.1) is 0 Å². The molecule has 3 aromatic carbocycles. The molecule has 5 heteroatoms. The van der Waals surface area contributed by atoms with Crippen molar-refractivity contribution in [2.75, 3.05) is 6.61 Å². The number of imidazole rings is 1. The number of hydrogen-bond acceptors (Lipinski definition) is 3. The number of benzene rings is 3. The molecule has 0 spiro atoms.